The van der Waals surface area contributed by atoms with Gasteiger partial charge in [-0.05, 0) is 31.5 Å². The third-order valence-corrected chi connectivity index (χ3v) is 4.37. The van der Waals surface area contributed by atoms with Gasteiger partial charge in [0.2, 0.25) is 11.7 Å². The summed E-state index contributed by atoms with van der Waals surface area (Å²) in [4.78, 5) is 6.73. The molecule has 7 nitrogen and oxygen atoms in total. The zero-order chi connectivity index (χ0) is 16.5. The van der Waals surface area contributed by atoms with Gasteiger partial charge in [-0.3, -0.25) is 4.90 Å². The molecule has 0 spiro atoms. The lowest BCUT2D eigenvalue weighted by Gasteiger charge is -2.20. The lowest BCUT2D eigenvalue weighted by Crippen LogP contribution is -2.23. The van der Waals surface area contributed by atoms with E-state index < -0.39 is 0 Å². The van der Waals surface area contributed by atoms with Gasteiger partial charge in [0.1, 0.15) is 11.5 Å². The number of aromatic nitrogens is 3. The SMILES string of the molecule is CC(C)c1cc([C@@H]2CCCN2Cc2nc(-c3ccco3)no2)no1. The van der Waals surface area contributed by atoms with E-state index in [4.69, 9.17) is 13.5 Å². The van der Waals surface area contributed by atoms with Crippen LogP contribution in [0.5, 0.6) is 0 Å². The van der Waals surface area contributed by atoms with Crippen LogP contribution in [0.2, 0.25) is 0 Å². The van der Waals surface area contributed by atoms with Crippen molar-refractivity contribution in [1.82, 2.24) is 20.2 Å². The van der Waals surface area contributed by atoms with Gasteiger partial charge in [-0.25, -0.2) is 0 Å². The van der Waals surface area contributed by atoms with Crippen LogP contribution >= 0.6 is 0 Å². The van der Waals surface area contributed by atoms with Crippen molar-refractivity contribution >= 4 is 0 Å². The molecule has 126 valence electrons. The van der Waals surface area contributed by atoms with Gasteiger partial charge in [-0.15, -0.1) is 0 Å². The molecule has 1 atom stereocenters. The van der Waals surface area contributed by atoms with E-state index in [1.165, 1.54) is 0 Å². The predicted octanol–water partition coefficient (Wildman–Crippen LogP) is 3.78. The first-order valence-electron chi connectivity index (χ1n) is 8.27. The summed E-state index contributed by atoms with van der Waals surface area (Å²) in [6, 6.07) is 5.92. The van der Waals surface area contributed by atoms with Crippen molar-refractivity contribution in [2.45, 2.75) is 45.2 Å². The van der Waals surface area contributed by atoms with E-state index in [9.17, 15) is 0 Å². The molecule has 0 bridgehead atoms. The molecule has 1 saturated heterocycles. The van der Waals surface area contributed by atoms with Crippen molar-refractivity contribution in [2.24, 2.45) is 0 Å². The molecular weight excluding hydrogens is 308 g/mol. The third kappa shape index (κ3) is 2.87. The lowest BCUT2D eigenvalue weighted by molar-refractivity contribution is 0.204. The van der Waals surface area contributed by atoms with Gasteiger partial charge in [-0.2, -0.15) is 4.98 Å². The number of hydrogen-bond donors (Lipinski definition) is 0. The molecule has 0 radical (unpaired) electrons. The Morgan fingerprint density at radius 3 is 2.96 bits per heavy atom. The second-order valence-corrected chi connectivity index (χ2v) is 6.43. The maximum Gasteiger partial charge on any atom is 0.241 e. The van der Waals surface area contributed by atoms with E-state index in [2.05, 4.69) is 40.1 Å². The summed E-state index contributed by atoms with van der Waals surface area (Å²) in [5, 5.41) is 8.24. The highest BCUT2D eigenvalue weighted by Crippen LogP contribution is 2.33. The maximum absolute atomic E-state index is 5.45. The Morgan fingerprint density at radius 2 is 2.21 bits per heavy atom. The molecule has 4 rings (SSSR count). The van der Waals surface area contributed by atoms with Crippen LogP contribution in [0.3, 0.4) is 0 Å². The number of furan rings is 1. The van der Waals surface area contributed by atoms with Gasteiger partial charge in [0.25, 0.3) is 0 Å². The molecule has 0 aliphatic carbocycles. The first kappa shape index (κ1) is 15.1. The summed E-state index contributed by atoms with van der Waals surface area (Å²) in [6.45, 7) is 5.78. The summed E-state index contributed by atoms with van der Waals surface area (Å²) >= 11 is 0. The molecular formula is C17H20N4O3. The average Bonchev–Trinajstić information content (AvgIpc) is 3.35. The molecule has 0 N–H and O–H groups in total. The average molecular weight is 328 g/mol. The monoisotopic (exact) mass is 328 g/mol. The fourth-order valence-electron chi connectivity index (χ4n) is 3.08. The van der Waals surface area contributed by atoms with Gasteiger partial charge < -0.3 is 13.5 Å². The first-order chi connectivity index (χ1) is 11.7. The molecule has 0 unspecified atom stereocenters. The molecule has 1 aliphatic rings. The summed E-state index contributed by atoms with van der Waals surface area (Å²) in [5.41, 5.74) is 0.988. The van der Waals surface area contributed by atoms with Gasteiger partial charge in [0.15, 0.2) is 5.76 Å². The van der Waals surface area contributed by atoms with E-state index in [0.29, 0.717) is 29.9 Å². The molecule has 1 aliphatic heterocycles. The minimum Gasteiger partial charge on any atom is -0.461 e. The minimum absolute atomic E-state index is 0.236. The van der Waals surface area contributed by atoms with Crippen LogP contribution < -0.4 is 0 Å². The third-order valence-electron chi connectivity index (χ3n) is 4.37. The zero-order valence-electron chi connectivity index (χ0n) is 13.8. The fraction of sp³-hybridized carbons (Fsp3) is 0.471. The van der Waals surface area contributed by atoms with Crippen LogP contribution in [0.25, 0.3) is 11.6 Å². The number of rotatable bonds is 5. The maximum atomic E-state index is 5.45. The Balaban J connectivity index is 1.49. The minimum atomic E-state index is 0.236. The van der Waals surface area contributed by atoms with Crippen molar-refractivity contribution in [3.63, 3.8) is 0 Å². The molecule has 24 heavy (non-hydrogen) atoms. The number of nitrogens with zero attached hydrogens (tertiary/aromatic N) is 4. The van der Waals surface area contributed by atoms with Gasteiger partial charge in [-0.1, -0.05) is 24.2 Å². The molecule has 3 aromatic heterocycles. The lowest BCUT2D eigenvalue weighted by atomic mass is 10.1. The topological polar surface area (TPSA) is 81.3 Å². The zero-order valence-corrected chi connectivity index (χ0v) is 13.8. The molecule has 0 aromatic carbocycles. The van der Waals surface area contributed by atoms with Crippen LogP contribution in [-0.4, -0.2) is 26.7 Å². The van der Waals surface area contributed by atoms with Crippen molar-refractivity contribution in [1.29, 1.82) is 0 Å². The van der Waals surface area contributed by atoms with Gasteiger partial charge >= 0.3 is 0 Å². The Hall–Kier alpha value is -2.41. The first-order valence-corrected chi connectivity index (χ1v) is 8.27. The van der Waals surface area contributed by atoms with Crippen LogP contribution in [-0.2, 0) is 6.54 Å². The Kier molecular flexibility index (Phi) is 3.93. The molecule has 7 heteroatoms. The van der Waals surface area contributed by atoms with E-state index in [1.54, 1.807) is 12.3 Å². The highest BCUT2D eigenvalue weighted by Gasteiger charge is 2.30. The van der Waals surface area contributed by atoms with E-state index in [0.717, 1.165) is 30.8 Å². The van der Waals surface area contributed by atoms with Crippen molar-refractivity contribution in [2.75, 3.05) is 6.54 Å². The second kappa shape index (κ2) is 6.24. The normalized spacial score (nSPS) is 18.7. The number of hydrogen-bond acceptors (Lipinski definition) is 7. The van der Waals surface area contributed by atoms with Crippen molar-refractivity contribution < 1.29 is 13.5 Å². The van der Waals surface area contributed by atoms with Crippen molar-refractivity contribution in [3.8, 4) is 11.6 Å². The summed E-state index contributed by atoms with van der Waals surface area (Å²) in [6.07, 6.45) is 3.77. The van der Waals surface area contributed by atoms with E-state index >= 15 is 0 Å². The summed E-state index contributed by atoms with van der Waals surface area (Å²) in [5.74, 6) is 2.94. The fourth-order valence-corrected chi connectivity index (χ4v) is 3.08. The second-order valence-electron chi connectivity index (χ2n) is 6.43. The Morgan fingerprint density at radius 1 is 1.29 bits per heavy atom. The number of likely N-dealkylation sites (tertiary alicyclic amines) is 1. The van der Waals surface area contributed by atoms with E-state index in [-0.39, 0.29) is 6.04 Å². The van der Waals surface area contributed by atoms with Crippen LogP contribution in [0.4, 0.5) is 0 Å². The van der Waals surface area contributed by atoms with Gasteiger partial charge in [0.05, 0.1) is 18.8 Å². The smallest absolute Gasteiger partial charge is 0.241 e. The molecule has 1 fully saturated rings. The van der Waals surface area contributed by atoms with Crippen LogP contribution in [0.1, 0.15) is 56.0 Å². The largest absolute Gasteiger partial charge is 0.461 e. The molecule has 0 amide bonds. The highest BCUT2D eigenvalue weighted by molar-refractivity contribution is 5.44. The molecule has 0 saturated carbocycles. The summed E-state index contributed by atoms with van der Waals surface area (Å²) in [7, 11) is 0. The quantitative estimate of drug-likeness (QED) is 0.705. The van der Waals surface area contributed by atoms with Crippen molar-refractivity contribution in [3.05, 3.63) is 41.8 Å². The predicted molar refractivity (Wildman–Crippen MR) is 85.0 cm³/mol. The Bertz CT molecular complexity index is 790. The summed E-state index contributed by atoms with van der Waals surface area (Å²) < 4.78 is 16.1. The van der Waals surface area contributed by atoms with Gasteiger partial charge in [0, 0.05) is 12.0 Å². The van der Waals surface area contributed by atoms with Crippen LogP contribution in [0, 0.1) is 0 Å². The molecule has 4 heterocycles. The standard InChI is InChI=1S/C17H20N4O3/c1-11(2)15-9-12(19-23-15)13-5-3-7-21(13)10-16-18-17(20-24-16)14-6-4-8-22-14/h4,6,8-9,11,13H,3,5,7,10H2,1-2H3/t13-/m0/s1. The van der Waals surface area contributed by atoms with Crippen LogP contribution in [0.15, 0.2) is 37.9 Å². The molecule has 3 aromatic rings. The van der Waals surface area contributed by atoms with E-state index in [1.807, 2.05) is 6.07 Å². The Labute approximate surface area is 139 Å². The highest BCUT2D eigenvalue weighted by atomic mass is 16.5.